The average molecular weight is 329 g/mol. The van der Waals surface area contributed by atoms with Crippen LogP contribution in [0.4, 0.5) is 5.69 Å². The Hall–Kier alpha value is -2.67. The fraction of sp³-hybridized carbons (Fsp3) is 0.353. The zero-order valence-corrected chi connectivity index (χ0v) is 13.7. The number of anilines is 1. The molecule has 1 unspecified atom stereocenters. The molecule has 1 atom stereocenters. The van der Waals surface area contributed by atoms with Crippen molar-refractivity contribution < 1.29 is 9.59 Å². The molecule has 4 N–H and O–H groups in total. The third-order valence-electron chi connectivity index (χ3n) is 3.45. The molecular weight excluding hydrogens is 306 g/mol. The third-order valence-corrected chi connectivity index (χ3v) is 3.45. The van der Waals surface area contributed by atoms with Crippen LogP contribution < -0.4 is 16.4 Å². The van der Waals surface area contributed by atoms with Crippen LogP contribution in [0.1, 0.15) is 30.1 Å². The van der Waals surface area contributed by atoms with Gasteiger partial charge in [0, 0.05) is 49.2 Å². The molecule has 0 fully saturated rings. The van der Waals surface area contributed by atoms with Crippen molar-refractivity contribution >= 4 is 17.5 Å². The molecule has 128 valence electrons. The highest BCUT2D eigenvalue weighted by Crippen LogP contribution is 2.11. The van der Waals surface area contributed by atoms with Crippen molar-refractivity contribution in [2.75, 3.05) is 11.9 Å². The van der Waals surface area contributed by atoms with Gasteiger partial charge >= 0.3 is 0 Å². The number of nitrogens with zero attached hydrogens (tertiary/aromatic N) is 2. The standard InChI is InChI=1S/C17H23N5O2/c1-13(18)5-7-20-17(24)14-3-2-4-15(11-14)21-16(23)6-9-22-10-8-19-12-22/h2-4,8,10-13H,5-7,9,18H2,1H3,(H,20,24)(H,21,23). The van der Waals surface area contributed by atoms with Crippen molar-refractivity contribution in [3.63, 3.8) is 0 Å². The van der Waals surface area contributed by atoms with Crippen LogP contribution in [0.3, 0.4) is 0 Å². The maximum absolute atomic E-state index is 12.1. The summed E-state index contributed by atoms with van der Waals surface area (Å²) in [5, 5.41) is 5.61. The Morgan fingerprint density at radius 3 is 2.92 bits per heavy atom. The van der Waals surface area contributed by atoms with Crippen LogP contribution in [0, 0.1) is 0 Å². The second kappa shape index (κ2) is 8.83. The first-order valence-electron chi connectivity index (χ1n) is 7.94. The molecule has 0 aliphatic carbocycles. The van der Waals surface area contributed by atoms with Gasteiger partial charge in [-0.3, -0.25) is 9.59 Å². The summed E-state index contributed by atoms with van der Waals surface area (Å²) in [6, 6.07) is 6.92. The van der Waals surface area contributed by atoms with Crippen molar-refractivity contribution in [2.45, 2.75) is 32.4 Å². The molecule has 0 bridgehead atoms. The summed E-state index contributed by atoms with van der Waals surface area (Å²) in [5.41, 5.74) is 6.76. The lowest BCUT2D eigenvalue weighted by atomic mass is 10.1. The van der Waals surface area contributed by atoms with E-state index in [-0.39, 0.29) is 17.9 Å². The van der Waals surface area contributed by atoms with E-state index in [4.69, 9.17) is 5.73 Å². The molecule has 0 aliphatic heterocycles. The molecule has 1 aromatic carbocycles. The number of carbonyl (C=O) groups is 2. The van der Waals surface area contributed by atoms with Gasteiger partial charge < -0.3 is 20.9 Å². The number of rotatable bonds is 8. The van der Waals surface area contributed by atoms with Gasteiger partial charge in [-0.15, -0.1) is 0 Å². The lowest BCUT2D eigenvalue weighted by molar-refractivity contribution is -0.116. The fourth-order valence-electron chi connectivity index (χ4n) is 2.13. The minimum atomic E-state index is -0.176. The lowest BCUT2D eigenvalue weighted by Crippen LogP contribution is -2.29. The van der Waals surface area contributed by atoms with Gasteiger partial charge in [-0.25, -0.2) is 4.98 Å². The molecule has 2 aromatic rings. The van der Waals surface area contributed by atoms with Crippen LogP contribution in [0.15, 0.2) is 43.0 Å². The van der Waals surface area contributed by atoms with Crippen LogP contribution in [0.25, 0.3) is 0 Å². The van der Waals surface area contributed by atoms with Crippen LogP contribution in [0.2, 0.25) is 0 Å². The number of hydrogen-bond donors (Lipinski definition) is 3. The summed E-state index contributed by atoms with van der Waals surface area (Å²) in [5.74, 6) is -0.289. The zero-order valence-electron chi connectivity index (χ0n) is 13.7. The number of hydrogen-bond acceptors (Lipinski definition) is 4. The minimum absolute atomic E-state index is 0.0476. The Kier molecular flexibility index (Phi) is 6.51. The van der Waals surface area contributed by atoms with E-state index in [0.717, 1.165) is 6.42 Å². The van der Waals surface area contributed by atoms with E-state index in [2.05, 4.69) is 15.6 Å². The predicted molar refractivity (Wildman–Crippen MR) is 92.5 cm³/mol. The molecule has 0 saturated carbocycles. The minimum Gasteiger partial charge on any atom is -0.352 e. The summed E-state index contributed by atoms with van der Waals surface area (Å²) in [4.78, 5) is 28.0. The van der Waals surface area contributed by atoms with E-state index in [0.29, 0.717) is 30.8 Å². The number of aromatic nitrogens is 2. The Morgan fingerprint density at radius 1 is 1.38 bits per heavy atom. The van der Waals surface area contributed by atoms with Gasteiger partial charge in [0.1, 0.15) is 0 Å². The summed E-state index contributed by atoms with van der Waals surface area (Å²) >= 11 is 0. The molecule has 24 heavy (non-hydrogen) atoms. The SMILES string of the molecule is CC(N)CCNC(=O)c1cccc(NC(=O)CCn2ccnc2)c1. The second-order valence-corrected chi connectivity index (χ2v) is 5.70. The third kappa shape index (κ3) is 5.85. The van der Waals surface area contributed by atoms with Gasteiger partial charge in [-0.05, 0) is 31.5 Å². The molecule has 7 nitrogen and oxygen atoms in total. The number of benzene rings is 1. The molecule has 2 amide bonds. The maximum Gasteiger partial charge on any atom is 0.251 e. The van der Waals surface area contributed by atoms with E-state index in [1.54, 1.807) is 43.0 Å². The van der Waals surface area contributed by atoms with Gasteiger partial charge in [0.05, 0.1) is 6.33 Å². The molecule has 2 rings (SSSR count). The first-order valence-corrected chi connectivity index (χ1v) is 7.94. The van der Waals surface area contributed by atoms with Crippen molar-refractivity contribution in [3.05, 3.63) is 48.5 Å². The van der Waals surface area contributed by atoms with Crippen molar-refractivity contribution in [2.24, 2.45) is 5.73 Å². The molecule has 0 saturated heterocycles. The van der Waals surface area contributed by atoms with Crippen molar-refractivity contribution in [3.8, 4) is 0 Å². The van der Waals surface area contributed by atoms with Gasteiger partial charge in [0.15, 0.2) is 0 Å². The van der Waals surface area contributed by atoms with E-state index in [9.17, 15) is 9.59 Å². The van der Waals surface area contributed by atoms with Gasteiger partial charge in [0.2, 0.25) is 5.91 Å². The van der Waals surface area contributed by atoms with Gasteiger partial charge in [-0.2, -0.15) is 0 Å². The van der Waals surface area contributed by atoms with E-state index in [1.165, 1.54) is 0 Å². The first kappa shape index (κ1) is 17.7. The van der Waals surface area contributed by atoms with Gasteiger partial charge in [0.25, 0.3) is 5.91 Å². The highest BCUT2D eigenvalue weighted by atomic mass is 16.2. The molecule has 7 heteroatoms. The summed E-state index contributed by atoms with van der Waals surface area (Å²) in [6.07, 6.45) is 6.20. The number of carbonyl (C=O) groups excluding carboxylic acids is 2. The number of aryl methyl sites for hydroxylation is 1. The lowest BCUT2D eigenvalue weighted by Gasteiger charge is -2.09. The molecule has 0 radical (unpaired) electrons. The van der Waals surface area contributed by atoms with Crippen molar-refractivity contribution in [1.82, 2.24) is 14.9 Å². The molecule has 1 aromatic heterocycles. The number of amides is 2. The van der Waals surface area contributed by atoms with Crippen LogP contribution >= 0.6 is 0 Å². The molecule has 0 spiro atoms. The quantitative estimate of drug-likeness (QED) is 0.681. The Labute approximate surface area is 141 Å². The predicted octanol–water partition coefficient (Wildman–Crippen LogP) is 1.38. The van der Waals surface area contributed by atoms with E-state index in [1.807, 2.05) is 11.5 Å². The Bertz CT molecular complexity index is 667. The maximum atomic E-state index is 12.1. The second-order valence-electron chi connectivity index (χ2n) is 5.70. The zero-order chi connectivity index (χ0) is 17.4. The Morgan fingerprint density at radius 2 is 2.21 bits per heavy atom. The smallest absolute Gasteiger partial charge is 0.251 e. The Balaban J connectivity index is 1.85. The summed E-state index contributed by atoms with van der Waals surface area (Å²) < 4.78 is 1.84. The highest BCUT2D eigenvalue weighted by molar-refractivity contribution is 5.97. The molecular formula is C17H23N5O2. The molecule has 1 heterocycles. The fourth-order valence-corrected chi connectivity index (χ4v) is 2.13. The van der Waals surface area contributed by atoms with E-state index < -0.39 is 0 Å². The van der Waals surface area contributed by atoms with Crippen molar-refractivity contribution in [1.29, 1.82) is 0 Å². The summed E-state index contributed by atoms with van der Waals surface area (Å²) in [6.45, 7) is 2.98. The number of nitrogens with one attached hydrogen (secondary N) is 2. The van der Waals surface area contributed by atoms with Crippen LogP contribution in [-0.4, -0.2) is 34.0 Å². The topological polar surface area (TPSA) is 102 Å². The largest absolute Gasteiger partial charge is 0.352 e. The number of nitrogens with two attached hydrogens (primary N) is 1. The molecule has 0 aliphatic rings. The van der Waals surface area contributed by atoms with E-state index >= 15 is 0 Å². The van der Waals surface area contributed by atoms with Gasteiger partial charge in [-0.1, -0.05) is 6.07 Å². The van der Waals surface area contributed by atoms with Crippen LogP contribution in [-0.2, 0) is 11.3 Å². The summed E-state index contributed by atoms with van der Waals surface area (Å²) in [7, 11) is 0. The number of imidazole rings is 1. The first-order chi connectivity index (χ1) is 11.5. The monoisotopic (exact) mass is 329 g/mol. The average Bonchev–Trinajstić information content (AvgIpc) is 3.06. The normalized spacial score (nSPS) is 11.8. The highest BCUT2D eigenvalue weighted by Gasteiger charge is 2.08. The van der Waals surface area contributed by atoms with Crippen LogP contribution in [0.5, 0.6) is 0 Å².